The SMILES string of the molecule is O=C(O)C1CCCN1C(=O)CNN1C(=O)/C(=C/c2cccc(-c3cc(C(F)(F)F)cc(C(F)(F)F)c3)n2)SC1=S. The lowest BCUT2D eigenvalue weighted by atomic mass is 10.0. The zero-order valence-electron chi connectivity index (χ0n) is 20.0. The maximum absolute atomic E-state index is 13.3. The predicted molar refractivity (Wildman–Crippen MR) is 135 cm³/mol. The van der Waals surface area contributed by atoms with Gasteiger partial charge in [0.05, 0.1) is 34.0 Å². The normalized spacial score (nSPS) is 19.1. The summed E-state index contributed by atoms with van der Waals surface area (Å²) in [6.07, 6.45) is -7.96. The number of aliphatic carboxylic acids is 1. The summed E-state index contributed by atoms with van der Waals surface area (Å²) >= 11 is 6.00. The second-order valence-electron chi connectivity index (χ2n) is 8.68. The maximum atomic E-state index is 13.3. The highest BCUT2D eigenvalue weighted by Gasteiger charge is 2.38. The fourth-order valence-corrected chi connectivity index (χ4v) is 5.31. The van der Waals surface area contributed by atoms with Crippen molar-refractivity contribution in [1.29, 1.82) is 0 Å². The number of alkyl halides is 6. The Bertz CT molecular complexity index is 1380. The van der Waals surface area contributed by atoms with Crippen LogP contribution in [0.3, 0.4) is 0 Å². The number of carbonyl (C=O) groups excluding carboxylic acids is 2. The van der Waals surface area contributed by atoms with E-state index < -0.39 is 59.4 Å². The van der Waals surface area contributed by atoms with Crippen LogP contribution in [0.25, 0.3) is 17.3 Å². The minimum atomic E-state index is -5.03. The van der Waals surface area contributed by atoms with Crippen LogP contribution in [0.15, 0.2) is 41.3 Å². The van der Waals surface area contributed by atoms with E-state index in [9.17, 15) is 45.8 Å². The molecule has 8 nitrogen and oxygen atoms in total. The van der Waals surface area contributed by atoms with Crippen molar-refractivity contribution in [2.45, 2.75) is 31.2 Å². The van der Waals surface area contributed by atoms with Gasteiger partial charge in [-0.2, -0.15) is 26.3 Å². The van der Waals surface area contributed by atoms with Gasteiger partial charge in [-0.15, -0.1) is 0 Å². The standard InChI is InChI=1S/C24H18F6N4O4S2/c25-23(26,27)13-7-12(8-14(9-13)24(28,29)30)16-4-1-3-15(32-16)10-18-20(36)34(22(39)40-18)31-11-19(35)33-6-2-5-17(33)21(37)38/h1,3-4,7-10,17,31H,2,5-6,11H2,(H,37,38)/b18-10-. The van der Waals surface area contributed by atoms with Crippen molar-refractivity contribution in [2.75, 3.05) is 13.1 Å². The summed E-state index contributed by atoms with van der Waals surface area (Å²) in [4.78, 5) is 42.0. The summed E-state index contributed by atoms with van der Waals surface area (Å²) < 4.78 is 79.6. The molecular formula is C24H18F6N4O4S2. The van der Waals surface area contributed by atoms with Crippen LogP contribution in [0.1, 0.15) is 29.7 Å². The van der Waals surface area contributed by atoms with Crippen molar-refractivity contribution >= 4 is 52.2 Å². The summed E-state index contributed by atoms with van der Waals surface area (Å²) in [5.74, 6) is -2.35. The molecule has 1 aromatic carbocycles. The molecule has 2 saturated heterocycles. The number of thiocarbonyl (C=S) groups is 1. The van der Waals surface area contributed by atoms with E-state index in [1.165, 1.54) is 29.2 Å². The number of benzene rings is 1. The van der Waals surface area contributed by atoms with E-state index in [1.807, 2.05) is 0 Å². The Balaban J connectivity index is 1.53. The van der Waals surface area contributed by atoms with E-state index in [0.717, 1.165) is 16.8 Å². The van der Waals surface area contributed by atoms with Crippen LogP contribution in [0, 0.1) is 0 Å². The molecule has 0 bridgehead atoms. The molecule has 2 aliphatic rings. The third kappa shape index (κ3) is 6.45. The van der Waals surface area contributed by atoms with Crippen LogP contribution in [0.5, 0.6) is 0 Å². The summed E-state index contributed by atoms with van der Waals surface area (Å²) in [5.41, 5.74) is -0.967. The Hall–Kier alpha value is -3.50. The molecule has 212 valence electrons. The molecule has 0 radical (unpaired) electrons. The van der Waals surface area contributed by atoms with Gasteiger partial charge in [-0.25, -0.2) is 20.2 Å². The number of halogens is 6. The number of hydrazine groups is 1. The number of hydrogen-bond donors (Lipinski definition) is 2. The predicted octanol–water partition coefficient (Wildman–Crippen LogP) is 4.57. The first-order chi connectivity index (χ1) is 18.6. The number of hydrogen-bond acceptors (Lipinski definition) is 7. The first kappa shape index (κ1) is 29.5. The zero-order chi connectivity index (χ0) is 29.4. The minimum absolute atomic E-state index is 0.0159. The number of nitrogens with zero attached hydrogens (tertiary/aromatic N) is 3. The van der Waals surface area contributed by atoms with E-state index >= 15 is 0 Å². The summed E-state index contributed by atoms with van der Waals surface area (Å²) in [5, 5.41) is 10.2. The van der Waals surface area contributed by atoms with Crippen LogP contribution in [-0.2, 0) is 26.7 Å². The molecule has 2 N–H and O–H groups in total. The molecule has 1 unspecified atom stereocenters. The van der Waals surface area contributed by atoms with Crippen molar-refractivity contribution in [3.8, 4) is 11.3 Å². The maximum Gasteiger partial charge on any atom is 0.416 e. The fraction of sp³-hybridized carbons (Fsp3) is 0.292. The van der Waals surface area contributed by atoms with Crippen molar-refractivity contribution < 1.29 is 45.8 Å². The van der Waals surface area contributed by atoms with E-state index in [-0.39, 0.29) is 33.2 Å². The average molecular weight is 605 g/mol. The number of likely N-dealkylation sites (tertiary alicyclic amines) is 1. The largest absolute Gasteiger partial charge is 0.480 e. The Labute approximate surface area is 232 Å². The molecular weight excluding hydrogens is 586 g/mol. The van der Waals surface area contributed by atoms with Gasteiger partial charge in [-0.05, 0) is 49.2 Å². The van der Waals surface area contributed by atoms with Gasteiger partial charge < -0.3 is 10.0 Å². The van der Waals surface area contributed by atoms with Gasteiger partial charge in [-0.3, -0.25) is 9.59 Å². The molecule has 1 aromatic heterocycles. The van der Waals surface area contributed by atoms with Gasteiger partial charge in [0.2, 0.25) is 5.91 Å². The fourth-order valence-electron chi connectivity index (χ4n) is 4.10. The zero-order valence-corrected chi connectivity index (χ0v) is 21.7. The number of nitrogens with one attached hydrogen (secondary N) is 1. The monoisotopic (exact) mass is 604 g/mol. The lowest BCUT2D eigenvalue weighted by Crippen LogP contribution is -2.49. The molecule has 1 atom stereocenters. The number of thioether (sulfide) groups is 1. The highest BCUT2D eigenvalue weighted by atomic mass is 32.2. The van der Waals surface area contributed by atoms with Crippen molar-refractivity contribution in [1.82, 2.24) is 20.3 Å². The molecule has 2 fully saturated rings. The van der Waals surface area contributed by atoms with Gasteiger partial charge in [-0.1, -0.05) is 30.0 Å². The van der Waals surface area contributed by atoms with E-state index in [0.29, 0.717) is 25.0 Å². The van der Waals surface area contributed by atoms with Crippen LogP contribution < -0.4 is 5.43 Å². The van der Waals surface area contributed by atoms with Crippen LogP contribution >= 0.6 is 24.0 Å². The molecule has 0 spiro atoms. The molecule has 16 heteroatoms. The van der Waals surface area contributed by atoms with Gasteiger partial charge in [0.15, 0.2) is 4.32 Å². The molecule has 3 heterocycles. The van der Waals surface area contributed by atoms with Crippen molar-refractivity contribution in [3.63, 3.8) is 0 Å². The number of rotatable bonds is 6. The van der Waals surface area contributed by atoms with E-state index in [2.05, 4.69) is 10.4 Å². The van der Waals surface area contributed by atoms with Crippen LogP contribution in [0.4, 0.5) is 26.3 Å². The molecule has 40 heavy (non-hydrogen) atoms. The Morgan fingerprint density at radius 1 is 1.12 bits per heavy atom. The Kier molecular flexibility index (Phi) is 8.23. The van der Waals surface area contributed by atoms with Gasteiger partial charge >= 0.3 is 18.3 Å². The molecule has 4 rings (SSSR count). The highest BCUT2D eigenvalue weighted by molar-refractivity contribution is 8.26. The average Bonchev–Trinajstić information content (AvgIpc) is 3.47. The quantitative estimate of drug-likeness (QED) is 0.281. The lowest BCUT2D eigenvalue weighted by molar-refractivity contribution is -0.148. The van der Waals surface area contributed by atoms with Gasteiger partial charge in [0, 0.05) is 12.1 Å². The molecule has 2 aliphatic heterocycles. The summed E-state index contributed by atoms with van der Waals surface area (Å²) in [6.45, 7) is -0.150. The summed E-state index contributed by atoms with van der Waals surface area (Å²) in [7, 11) is 0. The topological polar surface area (TPSA) is 103 Å². The molecule has 0 saturated carbocycles. The third-order valence-corrected chi connectivity index (χ3v) is 7.28. The van der Waals surface area contributed by atoms with Crippen LogP contribution in [0.2, 0.25) is 0 Å². The first-order valence-electron chi connectivity index (χ1n) is 11.5. The van der Waals surface area contributed by atoms with E-state index in [4.69, 9.17) is 12.2 Å². The molecule has 2 amide bonds. The number of pyridine rings is 1. The second-order valence-corrected chi connectivity index (χ2v) is 10.4. The highest BCUT2D eigenvalue weighted by Crippen LogP contribution is 2.38. The van der Waals surface area contributed by atoms with E-state index in [1.54, 1.807) is 0 Å². The minimum Gasteiger partial charge on any atom is -0.480 e. The number of amides is 2. The summed E-state index contributed by atoms with van der Waals surface area (Å²) in [6, 6.07) is 4.14. The molecule has 2 aromatic rings. The first-order valence-corrected chi connectivity index (χ1v) is 12.7. The smallest absolute Gasteiger partial charge is 0.416 e. The second kappa shape index (κ2) is 11.2. The third-order valence-electron chi connectivity index (χ3n) is 5.97. The Morgan fingerprint density at radius 3 is 2.38 bits per heavy atom. The number of carboxylic acids is 1. The van der Waals surface area contributed by atoms with Gasteiger partial charge in [0.25, 0.3) is 5.91 Å². The molecule has 0 aliphatic carbocycles. The lowest BCUT2D eigenvalue weighted by Gasteiger charge is -2.23. The van der Waals surface area contributed by atoms with Crippen molar-refractivity contribution in [3.05, 3.63) is 58.1 Å². The van der Waals surface area contributed by atoms with Crippen LogP contribution in [-0.4, -0.2) is 61.2 Å². The van der Waals surface area contributed by atoms with Crippen molar-refractivity contribution in [2.24, 2.45) is 0 Å². The number of carbonyl (C=O) groups is 3. The Morgan fingerprint density at radius 2 is 1.77 bits per heavy atom. The number of carboxylic acid groups (broad SMARTS) is 1. The van der Waals surface area contributed by atoms with Gasteiger partial charge in [0.1, 0.15) is 6.04 Å². The number of aromatic nitrogens is 1.